The Labute approximate surface area is 181 Å². The third-order valence-corrected chi connectivity index (χ3v) is 6.63. The Kier molecular flexibility index (Phi) is 4.95. The van der Waals surface area contributed by atoms with Crippen LogP contribution in [0.3, 0.4) is 0 Å². The highest BCUT2D eigenvalue weighted by atomic mass is 16.5. The summed E-state index contributed by atoms with van der Waals surface area (Å²) >= 11 is 0. The molecule has 9 heteroatoms. The van der Waals surface area contributed by atoms with E-state index in [1.807, 2.05) is 0 Å². The maximum atomic E-state index is 6.16. The highest BCUT2D eigenvalue weighted by molar-refractivity contribution is 5.69. The van der Waals surface area contributed by atoms with Gasteiger partial charge in [-0.25, -0.2) is 4.98 Å². The van der Waals surface area contributed by atoms with Gasteiger partial charge in [0.05, 0.1) is 6.04 Å². The molecule has 9 nitrogen and oxygen atoms in total. The molecular weight excluding hydrogens is 392 g/mol. The minimum Gasteiger partial charge on any atom is -0.467 e. The van der Waals surface area contributed by atoms with E-state index >= 15 is 0 Å². The monoisotopic (exact) mass is 420 g/mol. The van der Waals surface area contributed by atoms with Gasteiger partial charge < -0.3 is 15.8 Å². The van der Waals surface area contributed by atoms with Crippen LogP contribution in [0.1, 0.15) is 68.4 Å². The second-order valence-electron chi connectivity index (χ2n) is 9.14. The van der Waals surface area contributed by atoms with Gasteiger partial charge in [0, 0.05) is 6.42 Å². The zero-order valence-corrected chi connectivity index (χ0v) is 17.9. The number of ether oxygens (including phenoxy) is 1. The Morgan fingerprint density at radius 3 is 2.52 bits per heavy atom. The summed E-state index contributed by atoms with van der Waals surface area (Å²) in [5.74, 6) is 2.97. The lowest BCUT2D eigenvalue weighted by molar-refractivity contribution is 0.0722. The molecule has 0 saturated heterocycles. The first kappa shape index (κ1) is 19.7. The topological polar surface area (TPSA) is 128 Å². The molecule has 0 radical (unpaired) electrons. The van der Waals surface area contributed by atoms with Crippen molar-refractivity contribution in [2.45, 2.75) is 63.5 Å². The smallest absolute Gasteiger partial charge is 0.243 e. The van der Waals surface area contributed by atoms with Gasteiger partial charge in [-0.15, -0.1) is 10.2 Å². The number of H-pyrrole nitrogens is 1. The van der Waals surface area contributed by atoms with Crippen LogP contribution in [-0.2, 0) is 6.42 Å². The van der Waals surface area contributed by atoms with Crippen LogP contribution in [-0.4, -0.2) is 36.2 Å². The number of nitrogens with zero attached hydrogens (tertiary/aromatic N) is 5. The Hall–Kier alpha value is -3.23. The SMILES string of the molecule is CC1(C)Oc2ncnc(N)c2NC1c1ccc([C@H]2CC[C@H](Cc3nn[nH]n3)CC2)cc1. The van der Waals surface area contributed by atoms with Crippen LogP contribution >= 0.6 is 0 Å². The van der Waals surface area contributed by atoms with Gasteiger partial charge in [-0.1, -0.05) is 29.5 Å². The Bertz CT molecular complexity index is 1030. The van der Waals surface area contributed by atoms with E-state index in [2.05, 4.69) is 74.0 Å². The van der Waals surface area contributed by atoms with Gasteiger partial charge in [0.15, 0.2) is 11.6 Å². The highest BCUT2D eigenvalue weighted by Crippen LogP contribution is 2.44. The Balaban J connectivity index is 1.27. The summed E-state index contributed by atoms with van der Waals surface area (Å²) in [6.07, 6.45) is 7.12. The van der Waals surface area contributed by atoms with Crippen LogP contribution in [0.25, 0.3) is 0 Å². The fourth-order valence-corrected chi connectivity index (χ4v) is 4.89. The van der Waals surface area contributed by atoms with Gasteiger partial charge in [0.25, 0.3) is 0 Å². The molecule has 3 aromatic rings. The summed E-state index contributed by atoms with van der Waals surface area (Å²) in [6.45, 7) is 4.12. The molecule has 31 heavy (non-hydrogen) atoms. The van der Waals surface area contributed by atoms with Gasteiger partial charge >= 0.3 is 0 Å². The standard InChI is InChI=1S/C22H28N8O/c1-22(2)19(26-18-20(23)24-12-25-21(18)31-22)16-9-7-15(8-10-16)14-5-3-13(4-6-14)11-17-27-29-30-28-17/h7-10,12-14,19,26H,3-6,11H2,1-2H3,(H2,23,24,25)(H,27,28,29,30)/t13-,14-,19?. The quantitative estimate of drug-likeness (QED) is 0.586. The summed E-state index contributed by atoms with van der Waals surface area (Å²) in [6, 6.07) is 8.88. The van der Waals surface area contributed by atoms with Crippen LogP contribution in [0.15, 0.2) is 30.6 Å². The molecule has 1 saturated carbocycles. The first-order chi connectivity index (χ1) is 15.0. The van der Waals surface area contributed by atoms with E-state index in [0.717, 1.165) is 17.8 Å². The average Bonchev–Trinajstić information content (AvgIpc) is 3.27. The predicted octanol–water partition coefficient (Wildman–Crippen LogP) is 3.41. The molecule has 1 aliphatic heterocycles. The first-order valence-corrected chi connectivity index (χ1v) is 10.9. The first-order valence-electron chi connectivity index (χ1n) is 10.9. The van der Waals surface area contributed by atoms with Gasteiger partial charge in [-0.3, -0.25) is 0 Å². The van der Waals surface area contributed by atoms with E-state index < -0.39 is 5.60 Å². The van der Waals surface area contributed by atoms with Crippen LogP contribution < -0.4 is 15.8 Å². The lowest BCUT2D eigenvalue weighted by Gasteiger charge is -2.40. The third-order valence-electron chi connectivity index (χ3n) is 6.63. The number of nitrogen functional groups attached to an aromatic ring is 1. The van der Waals surface area contributed by atoms with Crippen molar-refractivity contribution in [3.63, 3.8) is 0 Å². The number of hydrogen-bond acceptors (Lipinski definition) is 8. The van der Waals surface area contributed by atoms with E-state index in [4.69, 9.17) is 10.5 Å². The van der Waals surface area contributed by atoms with Crippen molar-refractivity contribution >= 4 is 11.5 Å². The second kappa shape index (κ2) is 7.79. The largest absolute Gasteiger partial charge is 0.467 e. The zero-order chi connectivity index (χ0) is 21.4. The predicted molar refractivity (Wildman–Crippen MR) is 117 cm³/mol. The Morgan fingerprint density at radius 2 is 1.81 bits per heavy atom. The van der Waals surface area contributed by atoms with Crippen LogP contribution in [0.4, 0.5) is 11.5 Å². The molecule has 3 heterocycles. The molecule has 1 atom stereocenters. The van der Waals surface area contributed by atoms with E-state index in [1.165, 1.54) is 37.6 Å². The number of nitrogens with two attached hydrogens (primary N) is 1. The van der Waals surface area contributed by atoms with Crippen molar-refractivity contribution in [3.8, 4) is 5.88 Å². The van der Waals surface area contributed by atoms with Crippen LogP contribution in [0.5, 0.6) is 5.88 Å². The number of benzene rings is 1. The number of tetrazole rings is 1. The van der Waals surface area contributed by atoms with Crippen LogP contribution in [0, 0.1) is 5.92 Å². The van der Waals surface area contributed by atoms with Gasteiger partial charge in [0.2, 0.25) is 5.88 Å². The van der Waals surface area contributed by atoms with Gasteiger partial charge in [0.1, 0.15) is 17.6 Å². The van der Waals surface area contributed by atoms with E-state index in [9.17, 15) is 0 Å². The number of rotatable bonds is 4. The number of nitrogens with one attached hydrogen (secondary N) is 2. The minimum atomic E-state index is -0.470. The number of hydrogen-bond donors (Lipinski definition) is 3. The molecule has 5 rings (SSSR count). The molecule has 2 aromatic heterocycles. The summed E-state index contributed by atoms with van der Waals surface area (Å²) in [7, 11) is 0. The molecular formula is C22H28N8O. The van der Waals surface area contributed by atoms with Crippen molar-refractivity contribution in [1.82, 2.24) is 30.6 Å². The molecule has 1 unspecified atom stereocenters. The molecule has 2 aliphatic rings. The molecule has 1 aromatic carbocycles. The van der Waals surface area contributed by atoms with Gasteiger partial charge in [-0.05, 0) is 62.5 Å². The van der Waals surface area contributed by atoms with E-state index in [1.54, 1.807) is 0 Å². The van der Waals surface area contributed by atoms with Gasteiger partial charge in [-0.2, -0.15) is 10.2 Å². The molecule has 0 amide bonds. The van der Waals surface area contributed by atoms with Crippen molar-refractivity contribution in [3.05, 3.63) is 47.5 Å². The lowest BCUT2D eigenvalue weighted by atomic mass is 9.77. The maximum absolute atomic E-state index is 6.16. The van der Waals surface area contributed by atoms with Crippen LogP contribution in [0.2, 0.25) is 0 Å². The van der Waals surface area contributed by atoms with Crippen molar-refractivity contribution in [2.75, 3.05) is 11.1 Å². The molecule has 162 valence electrons. The summed E-state index contributed by atoms with van der Waals surface area (Å²) < 4.78 is 6.16. The van der Waals surface area contributed by atoms with E-state index in [0.29, 0.717) is 29.2 Å². The number of aromatic nitrogens is 6. The fraction of sp³-hybridized carbons (Fsp3) is 0.500. The molecule has 0 bridgehead atoms. The zero-order valence-electron chi connectivity index (χ0n) is 17.9. The molecule has 1 fully saturated rings. The van der Waals surface area contributed by atoms with E-state index in [-0.39, 0.29) is 6.04 Å². The number of aromatic amines is 1. The molecule has 1 aliphatic carbocycles. The number of anilines is 2. The summed E-state index contributed by atoms with van der Waals surface area (Å²) in [4.78, 5) is 8.30. The highest BCUT2D eigenvalue weighted by Gasteiger charge is 2.39. The van der Waals surface area contributed by atoms with Crippen molar-refractivity contribution in [1.29, 1.82) is 0 Å². The summed E-state index contributed by atoms with van der Waals surface area (Å²) in [5.41, 5.74) is 8.79. The fourth-order valence-electron chi connectivity index (χ4n) is 4.89. The molecule has 0 spiro atoms. The normalized spacial score (nSPS) is 24.6. The number of fused-ring (bicyclic) bond motifs is 1. The van der Waals surface area contributed by atoms with Crippen molar-refractivity contribution in [2.24, 2.45) is 5.92 Å². The second-order valence-corrected chi connectivity index (χ2v) is 9.14. The Morgan fingerprint density at radius 1 is 1.06 bits per heavy atom. The lowest BCUT2D eigenvalue weighted by Crippen LogP contribution is -2.44. The minimum absolute atomic E-state index is 0.0481. The average molecular weight is 421 g/mol. The maximum Gasteiger partial charge on any atom is 0.243 e. The summed E-state index contributed by atoms with van der Waals surface area (Å²) in [5, 5.41) is 17.9. The third kappa shape index (κ3) is 3.92. The molecule has 4 N–H and O–H groups in total. The van der Waals surface area contributed by atoms with Crippen molar-refractivity contribution < 1.29 is 4.74 Å².